The number of likely N-dealkylation sites (tertiary alicyclic amines) is 1. The molecule has 1 aliphatic heterocycles. The molecule has 3 nitrogen and oxygen atoms in total. The Morgan fingerprint density at radius 2 is 2.44 bits per heavy atom. The molecule has 1 aromatic heterocycles. The van der Waals surface area contributed by atoms with Crippen LogP contribution in [0.1, 0.15) is 24.6 Å². The van der Waals surface area contributed by atoms with Gasteiger partial charge in [0, 0.05) is 24.0 Å². The SMILES string of the molecule is C[C@@H](N)[C@H]1CCCN(C(=O)Cc2ccc(Br)s2)C1. The van der Waals surface area contributed by atoms with E-state index in [4.69, 9.17) is 5.73 Å². The zero-order valence-corrected chi connectivity index (χ0v) is 13.0. The van der Waals surface area contributed by atoms with Crippen molar-refractivity contribution in [2.75, 3.05) is 13.1 Å². The second-order valence-electron chi connectivity index (χ2n) is 4.98. The molecule has 2 rings (SSSR count). The van der Waals surface area contributed by atoms with Crippen LogP contribution in [0, 0.1) is 5.92 Å². The molecule has 0 unspecified atom stereocenters. The number of piperidine rings is 1. The average Bonchev–Trinajstić information content (AvgIpc) is 2.75. The zero-order chi connectivity index (χ0) is 13.1. The minimum atomic E-state index is 0.177. The van der Waals surface area contributed by atoms with Gasteiger partial charge in [0.05, 0.1) is 10.2 Å². The van der Waals surface area contributed by atoms with Crippen molar-refractivity contribution in [3.63, 3.8) is 0 Å². The van der Waals surface area contributed by atoms with E-state index in [1.807, 2.05) is 24.0 Å². The molecule has 0 aliphatic carbocycles. The van der Waals surface area contributed by atoms with E-state index in [9.17, 15) is 4.79 Å². The third-order valence-electron chi connectivity index (χ3n) is 3.51. The van der Waals surface area contributed by atoms with Gasteiger partial charge in [-0.25, -0.2) is 0 Å². The van der Waals surface area contributed by atoms with Gasteiger partial charge in [0.15, 0.2) is 0 Å². The smallest absolute Gasteiger partial charge is 0.227 e. The summed E-state index contributed by atoms with van der Waals surface area (Å²) in [5.74, 6) is 0.687. The fraction of sp³-hybridized carbons (Fsp3) is 0.615. The van der Waals surface area contributed by atoms with Crippen molar-refractivity contribution in [2.24, 2.45) is 11.7 Å². The highest BCUT2D eigenvalue weighted by atomic mass is 79.9. The summed E-state index contributed by atoms with van der Waals surface area (Å²) in [7, 11) is 0. The number of carbonyl (C=O) groups excluding carboxylic acids is 1. The molecule has 0 spiro atoms. The Bertz CT molecular complexity index is 419. The van der Waals surface area contributed by atoms with Gasteiger partial charge >= 0.3 is 0 Å². The van der Waals surface area contributed by atoms with Gasteiger partial charge in [0.1, 0.15) is 0 Å². The average molecular weight is 331 g/mol. The normalized spacial score (nSPS) is 21.9. The Labute approximate surface area is 120 Å². The van der Waals surface area contributed by atoms with Gasteiger partial charge in [0.25, 0.3) is 0 Å². The van der Waals surface area contributed by atoms with Crippen LogP contribution in [0.4, 0.5) is 0 Å². The summed E-state index contributed by atoms with van der Waals surface area (Å²) in [6.07, 6.45) is 2.74. The largest absolute Gasteiger partial charge is 0.342 e. The third kappa shape index (κ3) is 3.56. The summed E-state index contributed by atoms with van der Waals surface area (Å²) < 4.78 is 1.08. The lowest BCUT2D eigenvalue weighted by Gasteiger charge is -2.34. The van der Waals surface area contributed by atoms with Gasteiger partial charge < -0.3 is 10.6 Å². The molecule has 0 radical (unpaired) electrons. The maximum absolute atomic E-state index is 12.2. The van der Waals surface area contributed by atoms with Gasteiger partial charge in [-0.2, -0.15) is 0 Å². The number of nitrogens with two attached hydrogens (primary N) is 1. The van der Waals surface area contributed by atoms with Gasteiger partial charge in [-0.3, -0.25) is 4.79 Å². The summed E-state index contributed by atoms with van der Waals surface area (Å²) in [5.41, 5.74) is 5.94. The Morgan fingerprint density at radius 1 is 1.67 bits per heavy atom. The standard InChI is InChI=1S/C13H19BrN2OS/c1-9(15)10-3-2-6-16(8-10)13(17)7-11-4-5-12(14)18-11/h4-5,9-10H,2-3,6-8,15H2,1H3/t9-,10+/m1/s1. The van der Waals surface area contributed by atoms with Crippen LogP contribution in [0.3, 0.4) is 0 Å². The molecule has 1 fully saturated rings. The molecule has 1 aromatic rings. The summed E-state index contributed by atoms with van der Waals surface area (Å²) >= 11 is 5.06. The molecule has 1 aliphatic rings. The number of thiophene rings is 1. The molecule has 1 amide bonds. The molecule has 18 heavy (non-hydrogen) atoms. The monoisotopic (exact) mass is 330 g/mol. The van der Waals surface area contributed by atoms with E-state index < -0.39 is 0 Å². The van der Waals surface area contributed by atoms with E-state index in [1.165, 1.54) is 0 Å². The molecule has 2 heterocycles. The van der Waals surface area contributed by atoms with Gasteiger partial charge in [-0.05, 0) is 53.7 Å². The minimum absolute atomic E-state index is 0.177. The van der Waals surface area contributed by atoms with Crippen LogP contribution in [0.2, 0.25) is 0 Å². The first-order valence-electron chi connectivity index (χ1n) is 6.34. The van der Waals surface area contributed by atoms with Gasteiger partial charge in [-0.1, -0.05) is 0 Å². The number of halogens is 1. The van der Waals surface area contributed by atoms with Gasteiger partial charge in [0.2, 0.25) is 5.91 Å². The maximum Gasteiger partial charge on any atom is 0.227 e. The number of hydrogen-bond acceptors (Lipinski definition) is 3. The number of amides is 1. The third-order valence-corrected chi connectivity index (χ3v) is 5.13. The highest BCUT2D eigenvalue weighted by molar-refractivity contribution is 9.11. The van der Waals surface area contributed by atoms with Crippen LogP contribution in [-0.2, 0) is 11.2 Å². The Kier molecular flexibility index (Phi) is 4.81. The maximum atomic E-state index is 12.2. The number of hydrogen-bond donors (Lipinski definition) is 1. The summed E-state index contributed by atoms with van der Waals surface area (Å²) in [4.78, 5) is 15.3. The molecule has 2 N–H and O–H groups in total. The van der Waals surface area contributed by atoms with Crippen molar-refractivity contribution >= 4 is 33.2 Å². The fourth-order valence-electron chi connectivity index (χ4n) is 2.37. The van der Waals surface area contributed by atoms with Crippen molar-refractivity contribution in [1.82, 2.24) is 4.90 Å². The van der Waals surface area contributed by atoms with Crippen molar-refractivity contribution in [2.45, 2.75) is 32.2 Å². The highest BCUT2D eigenvalue weighted by Gasteiger charge is 2.25. The fourth-order valence-corrected chi connectivity index (χ4v) is 3.85. The van der Waals surface area contributed by atoms with Crippen LogP contribution < -0.4 is 5.73 Å². The van der Waals surface area contributed by atoms with Gasteiger partial charge in [-0.15, -0.1) is 11.3 Å². The van der Waals surface area contributed by atoms with Crippen LogP contribution in [-0.4, -0.2) is 29.9 Å². The molecular weight excluding hydrogens is 312 g/mol. The second-order valence-corrected chi connectivity index (χ2v) is 7.53. The first kappa shape index (κ1) is 14.0. The van der Waals surface area contributed by atoms with Crippen LogP contribution >= 0.6 is 27.3 Å². The second kappa shape index (κ2) is 6.17. The van der Waals surface area contributed by atoms with Crippen molar-refractivity contribution in [1.29, 1.82) is 0 Å². The van der Waals surface area contributed by atoms with E-state index in [0.717, 1.165) is 34.6 Å². The lowest BCUT2D eigenvalue weighted by atomic mass is 9.92. The first-order valence-corrected chi connectivity index (χ1v) is 7.95. The van der Waals surface area contributed by atoms with Crippen LogP contribution in [0.5, 0.6) is 0 Å². The molecular formula is C13H19BrN2OS. The summed E-state index contributed by atoms with van der Waals surface area (Å²) in [6.45, 7) is 3.74. The van der Waals surface area contributed by atoms with Crippen LogP contribution in [0.25, 0.3) is 0 Å². The Morgan fingerprint density at radius 3 is 3.06 bits per heavy atom. The Hall–Kier alpha value is -0.390. The quantitative estimate of drug-likeness (QED) is 0.926. The van der Waals surface area contributed by atoms with Crippen molar-refractivity contribution in [3.8, 4) is 0 Å². The molecule has 5 heteroatoms. The van der Waals surface area contributed by atoms with Crippen molar-refractivity contribution in [3.05, 3.63) is 20.8 Å². The van der Waals surface area contributed by atoms with E-state index in [1.54, 1.807) is 11.3 Å². The lowest BCUT2D eigenvalue weighted by molar-refractivity contribution is -0.132. The van der Waals surface area contributed by atoms with Crippen molar-refractivity contribution < 1.29 is 4.79 Å². The van der Waals surface area contributed by atoms with E-state index in [2.05, 4.69) is 15.9 Å². The number of rotatable bonds is 3. The predicted molar refractivity (Wildman–Crippen MR) is 78.7 cm³/mol. The molecule has 1 saturated heterocycles. The number of carbonyl (C=O) groups is 1. The minimum Gasteiger partial charge on any atom is -0.342 e. The molecule has 2 atom stereocenters. The Balaban J connectivity index is 1.92. The molecule has 100 valence electrons. The number of nitrogens with zero attached hydrogens (tertiary/aromatic N) is 1. The molecule has 0 bridgehead atoms. The van der Waals surface area contributed by atoms with E-state index in [-0.39, 0.29) is 11.9 Å². The molecule has 0 aromatic carbocycles. The summed E-state index contributed by atoms with van der Waals surface area (Å²) in [6, 6.07) is 4.19. The van der Waals surface area contributed by atoms with E-state index >= 15 is 0 Å². The van der Waals surface area contributed by atoms with Crippen LogP contribution in [0.15, 0.2) is 15.9 Å². The predicted octanol–water partition coefficient (Wildman–Crippen LogP) is 2.64. The zero-order valence-electron chi connectivity index (χ0n) is 10.6. The highest BCUT2D eigenvalue weighted by Crippen LogP contribution is 2.24. The lowest BCUT2D eigenvalue weighted by Crippen LogP contribution is -2.45. The first-order chi connectivity index (χ1) is 8.56. The summed E-state index contributed by atoms with van der Waals surface area (Å²) in [5, 5.41) is 0. The van der Waals surface area contributed by atoms with E-state index in [0.29, 0.717) is 12.3 Å². The molecule has 0 saturated carbocycles. The topological polar surface area (TPSA) is 46.3 Å².